The van der Waals surface area contributed by atoms with Crippen LogP contribution in [0.5, 0.6) is 5.75 Å². The van der Waals surface area contributed by atoms with E-state index in [9.17, 15) is 18.0 Å². The van der Waals surface area contributed by atoms with Gasteiger partial charge < -0.3 is 15.0 Å². The molecule has 214 valence electrons. The van der Waals surface area contributed by atoms with E-state index in [0.717, 1.165) is 34.5 Å². The van der Waals surface area contributed by atoms with E-state index in [0.29, 0.717) is 29.6 Å². The average molecular weight is 586 g/mol. The number of unbranched alkanes of at least 4 members (excludes halogenated alkanes) is 1. The number of anilines is 1. The number of benzene rings is 3. The molecule has 2 amide bonds. The third kappa shape index (κ3) is 9.27. The van der Waals surface area contributed by atoms with E-state index in [1.165, 1.54) is 4.90 Å². The molecule has 0 radical (unpaired) electrons. The lowest BCUT2D eigenvalue weighted by Gasteiger charge is -2.31. The molecule has 0 aliphatic carbocycles. The van der Waals surface area contributed by atoms with Gasteiger partial charge in [-0.15, -0.1) is 0 Å². The summed E-state index contributed by atoms with van der Waals surface area (Å²) in [6.07, 6.45) is 2.78. The van der Waals surface area contributed by atoms with E-state index in [2.05, 4.69) is 5.32 Å². The molecule has 0 aliphatic rings. The van der Waals surface area contributed by atoms with E-state index in [-0.39, 0.29) is 12.5 Å². The highest BCUT2D eigenvalue weighted by Crippen LogP contribution is 2.23. The Kier molecular flexibility index (Phi) is 11.4. The highest BCUT2D eigenvalue weighted by molar-refractivity contribution is 7.92. The molecule has 0 fully saturated rings. The number of sulfonamides is 1. The first-order valence-corrected chi connectivity index (χ1v) is 15.4. The van der Waals surface area contributed by atoms with Gasteiger partial charge in [-0.25, -0.2) is 8.42 Å². The summed E-state index contributed by atoms with van der Waals surface area (Å²) in [6.45, 7) is 4.17. The highest BCUT2D eigenvalue weighted by atomic mass is 35.5. The van der Waals surface area contributed by atoms with Crippen molar-refractivity contribution in [1.29, 1.82) is 0 Å². The molecule has 40 heavy (non-hydrogen) atoms. The maximum atomic E-state index is 13.6. The molecule has 8 nitrogen and oxygen atoms in total. The summed E-state index contributed by atoms with van der Waals surface area (Å²) in [4.78, 5) is 27.9. The van der Waals surface area contributed by atoms with Crippen LogP contribution < -0.4 is 14.4 Å². The lowest BCUT2D eigenvalue weighted by molar-refractivity contribution is -0.139. The molecule has 0 aliphatic heterocycles. The van der Waals surface area contributed by atoms with Gasteiger partial charge in [-0.3, -0.25) is 13.9 Å². The Morgan fingerprint density at radius 2 is 1.60 bits per heavy atom. The average Bonchev–Trinajstić information content (AvgIpc) is 2.94. The van der Waals surface area contributed by atoms with Crippen LogP contribution in [0.15, 0.2) is 78.9 Å². The molecule has 0 spiro atoms. The molecule has 10 heteroatoms. The van der Waals surface area contributed by atoms with Crippen LogP contribution in [-0.4, -0.2) is 50.5 Å². The normalized spacial score (nSPS) is 11.9. The first-order chi connectivity index (χ1) is 19.1. The fraction of sp³-hybridized carbons (Fsp3) is 0.333. The van der Waals surface area contributed by atoms with Crippen molar-refractivity contribution in [3.63, 3.8) is 0 Å². The Balaban J connectivity index is 1.79. The van der Waals surface area contributed by atoms with Gasteiger partial charge in [0, 0.05) is 18.1 Å². The van der Waals surface area contributed by atoms with Crippen LogP contribution in [0.4, 0.5) is 5.69 Å². The number of hydrogen-bond acceptors (Lipinski definition) is 5. The minimum atomic E-state index is -3.83. The monoisotopic (exact) mass is 585 g/mol. The summed E-state index contributed by atoms with van der Waals surface area (Å²) in [7, 11) is -3.83. The topological polar surface area (TPSA) is 96.0 Å². The maximum Gasteiger partial charge on any atom is 0.244 e. The quantitative estimate of drug-likeness (QED) is 0.268. The van der Waals surface area contributed by atoms with Crippen molar-refractivity contribution in [2.24, 2.45) is 0 Å². The number of nitrogens with zero attached hydrogens (tertiary/aromatic N) is 2. The van der Waals surface area contributed by atoms with Gasteiger partial charge >= 0.3 is 0 Å². The molecule has 0 saturated heterocycles. The summed E-state index contributed by atoms with van der Waals surface area (Å²) in [5.74, 6) is -0.251. The van der Waals surface area contributed by atoms with Gasteiger partial charge in [0.15, 0.2) is 0 Å². The van der Waals surface area contributed by atoms with Crippen LogP contribution in [0.3, 0.4) is 0 Å². The van der Waals surface area contributed by atoms with E-state index in [1.807, 2.05) is 37.3 Å². The van der Waals surface area contributed by atoms with Gasteiger partial charge in [0.25, 0.3) is 0 Å². The maximum absolute atomic E-state index is 13.6. The standard InChI is InChI=1S/C30H36ClN3O5S/c1-4-5-19-32-30(36)23(2)33(20-24-11-13-26(31)14-12-24)29(35)21-34(40(3,37)38)27-15-17-28(18-16-27)39-22-25-9-7-6-8-10-25/h6-18,23H,4-5,19-22H2,1-3H3,(H,32,36). The van der Waals surface area contributed by atoms with Crippen LogP contribution in [0.25, 0.3) is 0 Å². The first-order valence-electron chi connectivity index (χ1n) is 13.1. The van der Waals surface area contributed by atoms with E-state index < -0.39 is 28.5 Å². The molecule has 1 atom stereocenters. The number of ether oxygens (including phenoxy) is 1. The first kappa shape index (κ1) is 31.0. The van der Waals surface area contributed by atoms with Crippen molar-refractivity contribution >= 4 is 39.1 Å². The second kappa shape index (κ2) is 14.7. The molecular weight excluding hydrogens is 550 g/mol. The van der Waals surface area contributed by atoms with Crippen LogP contribution in [0, 0.1) is 0 Å². The zero-order valence-electron chi connectivity index (χ0n) is 23.0. The minimum Gasteiger partial charge on any atom is -0.489 e. The third-order valence-corrected chi connectivity index (χ3v) is 7.71. The summed E-state index contributed by atoms with van der Waals surface area (Å²) in [6, 6.07) is 22.3. The SMILES string of the molecule is CCCCNC(=O)C(C)N(Cc1ccc(Cl)cc1)C(=O)CN(c1ccc(OCc2ccccc2)cc1)S(C)(=O)=O. The zero-order valence-corrected chi connectivity index (χ0v) is 24.6. The van der Waals surface area contributed by atoms with Crippen LogP contribution >= 0.6 is 11.6 Å². The predicted molar refractivity (Wildman–Crippen MR) is 159 cm³/mol. The van der Waals surface area contributed by atoms with Crippen molar-refractivity contribution in [3.05, 3.63) is 95.0 Å². The molecule has 0 aromatic heterocycles. The van der Waals surface area contributed by atoms with Gasteiger partial charge in [-0.2, -0.15) is 0 Å². The fourth-order valence-electron chi connectivity index (χ4n) is 3.97. The number of hydrogen-bond donors (Lipinski definition) is 1. The number of nitrogens with one attached hydrogen (secondary N) is 1. The van der Waals surface area contributed by atoms with Gasteiger partial charge in [0.1, 0.15) is 24.9 Å². The van der Waals surface area contributed by atoms with Crippen LogP contribution in [0.2, 0.25) is 5.02 Å². The molecule has 3 aromatic rings. The molecule has 0 heterocycles. The highest BCUT2D eigenvalue weighted by Gasteiger charge is 2.30. The molecular formula is C30H36ClN3O5S. The summed E-state index contributed by atoms with van der Waals surface area (Å²) >= 11 is 6.02. The minimum absolute atomic E-state index is 0.113. The zero-order chi connectivity index (χ0) is 29.1. The number of carbonyl (C=O) groups excluding carboxylic acids is 2. The molecule has 1 unspecified atom stereocenters. The Bertz CT molecular complexity index is 1350. The smallest absolute Gasteiger partial charge is 0.244 e. The summed E-state index contributed by atoms with van der Waals surface area (Å²) in [5, 5.41) is 3.41. The summed E-state index contributed by atoms with van der Waals surface area (Å²) in [5.41, 5.74) is 2.08. The molecule has 3 aromatic carbocycles. The van der Waals surface area contributed by atoms with Crippen molar-refractivity contribution in [2.75, 3.05) is 23.7 Å². The fourth-order valence-corrected chi connectivity index (χ4v) is 4.94. The van der Waals surface area contributed by atoms with Crippen molar-refractivity contribution < 1.29 is 22.7 Å². The van der Waals surface area contributed by atoms with Gasteiger partial charge in [0.2, 0.25) is 21.8 Å². The van der Waals surface area contributed by atoms with Crippen LogP contribution in [-0.2, 0) is 32.8 Å². The van der Waals surface area contributed by atoms with Crippen molar-refractivity contribution in [1.82, 2.24) is 10.2 Å². The van der Waals surface area contributed by atoms with Crippen molar-refractivity contribution in [3.8, 4) is 5.75 Å². The number of halogens is 1. The molecule has 1 N–H and O–H groups in total. The molecule has 0 saturated carbocycles. The van der Waals surface area contributed by atoms with E-state index in [1.54, 1.807) is 55.5 Å². The third-order valence-electron chi connectivity index (χ3n) is 6.32. The van der Waals surface area contributed by atoms with E-state index in [4.69, 9.17) is 16.3 Å². The Hall–Kier alpha value is -3.56. The number of carbonyl (C=O) groups is 2. The van der Waals surface area contributed by atoms with Gasteiger partial charge in [0.05, 0.1) is 11.9 Å². The van der Waals surface area contributed by atoms with Crippen LogP contribution in [0.1, 0.15) is 37.8 Å². The molecule has 3 rings (SSSR count). The Morgan fingerprint density at radius 1 is 0.950 bits per heavy atom. The lowest BCUT2D eigenvalue weighted by Crippen LogP contribution is -2.51. The van der Waals surface area contributed by atoms with Gasteiger partial charge in [-0.05, 0) is 60.9 Å². The number of amides is 2. The lowest BCUT2D eigenvalue weighted by atomic mass is 10.1. The number of rotatable bonds is 14. The largest absolute Gasteiger partial charge is 0.489 e. The molecule has 0 bridgehead atoms. The van der Waals surface area contributed by atoms with Gasteiger partial charge in [-0.1, -0.05) is 67.4 Å². The van der Waals surface area contributed by atoms with E-state index >= 15 is 0 Å². The second-order valence-corrected chi connectivity index (χ2v) is 11.8. The second-order valence-electron chi connectivity index (χ2n) is 9.51. The summed E-state index contributed by atoms with van der Waals surface area (Å²) < 4.78 is 32.4. The van der Waals surface area contributed by atoms with Crippen molar-refractivity contribution in [2.45, 2.75) is 45.9 Å². The predicted octanol–water partition coefficient (Wildman–Crippen LogP) is 5.02. The Labute approximate surface area is 241 Å². The Morgan fingerprint density at radius 3 is 2.20 bits per heavy atom.